The Morgan fingerprint density at radius 3 is 2.42 bits per heavy atom. The number of nitrogens with two attached hydrogens (primary N) is 1. The molecule has 6 nitrogen and oxygen atoms in total. The molecule has 1 saturated carbocycles. The third-order valence-corrected chi connectivity index (χ3v) is 8.56. The highest BCUT2D eigenvalue weighted by atomic mass is 35.5. The zero-order valence-corrected chi connectivity index (χ0v) is 17.8. The largest absolute Gasteiger partial charge is 0.340 e. The van der Waals surface area contributed by atoms with Crippen LogP contribution in [-0.2, 0) is 14.8 Å². The van der Waals surface area contributed by atoms with Crippen molar-refractivity contribution < 1.29 is 13.2 Å². The fourth-order valence-corrected chi connectivity index (χ4v) is 6.98. The van der Waals surface area contributed by atoms with Gasteiger partial charge < -0.3 is 10.6 Å². The predicted octanol–water partition coefficient (Wildman–Crippen LogP) is 1.99. The fraction of sp³-hybridized carbons (Fsp3) is 0.706. The van der Waals surface area contributed by atoms with Crippen molar-refractivity contribution in [1.29, 1.82) is 0 Å². The van der Waals surface area contributed by atoms with Gasteiger partial charge in [0.1, 0.15) is 0 Å². The summed E-state index contributed by atoms with van der Waals surface area (Å²) in [5.41, 5.74) is 5.79. The molecule has 3 rings (SSSR count). The molecule has 2 aliphatic rings. The average molecular weight is 422 g/mol. The summed E-state index contributed by atoms with van der Waals surface area (Å²) in [6.07, 6.45) is 2.99. The molecule has 2 N–H and O–H groups in total. The number of piperazine rings is 1. The summed E-state index contributed by atoms with van der Waals surface area (Å²) >= 11 is 1.50. The third-order valence-electron chi connectivity index (χ3n) is 5.44. The molecule has 9 heteroatoms. The van der Waals surface area contributed by atoms with Crippen LogP contribution in [0.3, 0.4) is 0 Å². The molecule has 0 spiro atoms. The molecular weight excluding hydrogens is 394 g/mol. The van der Waals surface area contributed by atoms with Crippen molar-refractivity contribution in [3.8, 4) is 0 Å². The second-order valence-electron chi connectivity index (χ2n) is 7.04. The van der Waals surface area contributed by atoms with Crippen LogP contribution in [0.1, 0.15) is 29.0 Å². The zero-order chi connectivity index (χ0) is 18.2. The minimum atomic E-state index is -3.47. The summed E-state index contributed by atoms with van der Waals surface area (Å²) in [5, 5.41) is 0. The van der Waals surface area contributed by atoms with Crippen molar-refractivity contribution in [1.82, 2.24) is 9.21 Å². The first-order valence-corrected chi connectivity index (χ1v) is 11.2. The lowest BCUT2D eigenvalue weighted by Crippen LogP contribution is -2.52. The maximum absolute atomic E-state index is 12.9. The highest BCUT2D eigenvalue weighted by Gasteiger charge is 2.37. The van der Waals surface area contributed by atoms with E-state index in [0.717, 1.165) is 29.0 Å². The van der Waals surface area contributed by atoms with Crippen LogP contribution in [0.15, 0.2) is 11.0 Å². The van der Waals surface area contributed by atoms with Gasteiger partial charge in [-0.3, -0.25) is 4.79 Å². The number of hydrogen-bond donors (Lipinski definition) is 1. The van der Waals surface area contributed by atoms with Crippen molar-refractivity contribution >= 4 is 39.7 Å². The second kappa shape index (κ2) is 8.56. The van der Waals surface area contributed by atoms with Crippen molar-refractivity contribution in [3.05, 3.63) is 15.8 Å². The minimum Gasteiger partial charge on any atom is -0.340 e. The lowest BCUT2D eigenvalue weighted by Gasteiger charge is -2.36. The van der Waals surface area contributed by atoms with E-state index in [1.54, 1.807) is 6.07 Å². The first-order chi connectivity index (χ1) is 11.8. The molecule has 1 aromatic rings. The number of carbonyl (C=O) groups is 1. The van der Waals surface area contributed by atoms with Gasteiger partial charge in [-0.1, -0.05) is 6.42 Å². The second-order valence-corrected chi connectivity index (χ2v) is 10.4. The maximum Gasteiger partial charge on any atom is 0.244 e. The Labute approximate surface area is 166 Å². The summed E-state index contributed by atoms with van der Waals surface area (Å²) < 4.78 is 27.2. The normalized spacial score (nSPS) is 24.5. The quantitative estimate of drug-likeness (QED) is 0.805. The van der Waals surface area contributed by atoms with Crippen LogP contribution in [0.5, 0.6) is 0 Å². The number of halogens is 1. The van der Waals surface area contributed by atoms with E-state index >= 15 is 0 Å². The van der Waals surface area contributed by atoms with Gasteiger partial charge in [0.15, 0.2) is 0 Å². The highest BCUT2D eigenvalue weighted by molar-refractivity contribution is 7.89. The Morgan fingerprint density at radius 2 is 1.88 bits per heavy atom. The first kappa shape index (κ1) is 21.6. The molecule has 1 saturated heterocycles. The van der Waals surface area contributed by atoms with Crippen LogP contribution in [0.25, 0.3) is 0 Å². The van der Waals surface area contributed by atoms with Gasteiger partial charge in [-0.25, -0.2) is 8.42 Å². The van der Waals surface area contributed by atoms with Gasteiger partial charge in [0, 0.05) is 41.9 Å². The molecule has 0 aromatic carbocycles. The molecule has 2 fully saturated rings. The number of rotatable bonds is 4. The number of carbonyl (C=O) groups excluding carboxylic acids is 1. The van der Waals surface area contributed by atoms with Gasteiger partial charge in [-0.15, -0.1) is 23.7 Å². The van der Waals surface area contributed by atoms with Gasteiger partial charge in [-0.05, 0) is 45.2 Å². The SMILES string of the molecule is Cc1cc(S(=O)(=O)N2CCN(C(=O)[C@@H]3CCC[C@@H]3CN)CC2)c(C)s1.Cl. The highest BCUT2D eigenvalue weighted by Crippen LogP contribution is 2.33. The van der Waals surface area contributed by atoms with Crippen LogP contribution < -0.4 is 5.73 Å². The molecule has 0 bridgehead atoms. The number of sulfonamides is 1. The van der Waals surface area contributed by atoms with E-state index in [0.29, 0.717) is 37.6 Å². The third kappa shape index (κ3) is 4.09. The Bertz CT molecular complexity index is 742. The van der Waals surface area contributed by atoms with E-state index in [1.807, 2.05) is 18.7 Å². The summed E-state index contributed by atoms with van der Waals surface area (Å²) in [6.45, 7) is 5.98. The van der Waals surface area contributed by atoms with Crippen molar-refractivity contribution in [2.24, 2.45) is 17.6 Å². The molecule has 2 heterocycles. The summed E-state index contributed by atoms with van der Waals surface area (Å²) in [5.74, 6) is 0.466. The standard InChI is InChI=1S/C17H27N3O3S2.ClH/c1-12-10-16(13(2)24-12)25(22,23)20-8-6-19(7-9-20)17(21)15-5-3-4-14(15)11-18;/h10,14-15H,3-9,11,18H2,1-2H3;1H/t14-,15-;/m1./s1. The first-order valence-electron chi connectivity index (χ1n) is 8.90. The van der Waals surface area contributed by atoms with Crippen LogP contribution in [0.4, 0.5) is 0 Å². The summed E-state index contributed by atoms with van der Waals surface area (Å²) in [6, 6.07) is 1.75. The molecular formula is C17H28ClN3O3S2. The fourth-order valence-electron chi connectivity index (χ4n) is 4.03. The Balaban J connectivity index is 0.00000243. The van der Waals surface area contributed by atoms with Crippen molar-refractivity contribution in [3.63, 3.8) is 0 Å². The molecule has 2 atom stereocenters. The Kier molecular flexibility index (Phi) is 7.12. The molecule has 1 aromatic heterocycles. The van der Waals surface area contributed by atoms with E-state index in [4.69, 9.17) is 5.73 Å². The molecule has 1 aliphatic carbocycles. The minimum absolute atomic E-state index is 0. The van der Waals surface area contributed by atoms with Crippen molar-refractivity contribution in [2.45, 2.75) is 38.0 Å². The van der Waals surface area contributed by atoms with Crippen LogP contribution in [0, 0.1) is 25.7 Å². The van der Waals surface area contributed by atoms with E-state index in [2.05, 4.69) is 0 Å². The lowest BCUT2D eigenvalue weighted by atomic mass is 9.94. The molecule has 148 valence electrons. The van der Waals surface area contributed by atoms with Crippen LogP contribution in [0.2, 0.25) is 0 Å². The number of aryl methyl sites for hydroxylation is 2. The predicted molar refractivity (Wildman–Crippen MR) is 106 cm³/mol. The molecule has 0 unspecified atom stereocenters. The molecule has 26 heavy (non-hydrogen) atoms. The lowest BCUT2D eigenvalue weighted by molar-refractivity contribution is -0.137. The smallest absolute Gasteiger partial charge is 0.244 e. The van der Waals surface area contributed by atoms with Crippen molar-refractivity contribution in [2.75, 3.05) is 32.7 Å². The monoisotopic (exact) mass is 421 g/mol. The topological polar surface area (TPSA) is 83.7 Å². The van der Waals surface area contributed by atoms with Gasteiger partial charge in [0.2, 0.25) is 15.9 Å². The number of amides is 1. The van der Waals surface area contributed by atoms with Crippen LogP contribution >= 0.6 is 23.7 Å². The number of nitrogens with zero attached hydrogens (tertiary/aromatic N) is 2. The van der Waals surface area contributed by atoms with E-state index in [1.165, 1.54) is 15.6 Å². The average Bonchev–Trinajstić information content (AvgIpc) is 3.20. The van der Waals surface area contributed by atoms with E-state index in [-0.39, 0.29) is 30.2 Å². The van der Waals surface area contributed by atoms with Gasteiger partial charge in [0.05, 0.1) is 4.90 Å². The summed E-state index contributed by atoms with van der Waals surface area (Å²) in [4.78, 5) is 16.8. The summed E-state index contributed by atoms with van der Waals surface area (Å²) in [7, 11) is -3.47. The Hall–Kier alpha value is -0.670. The number of hydrogen-bond acceptors (Lipinski definition) is 5. The van der Waals surface area contributed by atoms with E-state index in [9.17, 15) is 13.2 Å². The van der Waals surface area contributed by atoms with Crippen LogP contribution in [-0.4, -0.2) is 56.3 Å². The van der Waals surface area contributed by atoms with E-state index < -0.39 is 10.0 Å². The molecule has 1 aliphatic heterocycles. The van der Waals surface area contributed by atoms with Gasteiger partial charge >= 0.3 is 0 Å². The maximum atomic E-state index is 12.9. The van der Waals surface area contributed by atoms with Gasteiger partial charge in [-0.2, -0.15) is 4.31 Å². The number of thiophene rings is 1. The molecule has 0 radical (unpaired) electrons. The molecule has 1 amide bonds. The van der Waals surface area contributed by atoms with Gasteiger partial charge in [0.25, 0.3) is 0 Å². The Morgan fingerprint density at radius 1 is 1.23 bits per heavy atom. The zero-order valence-electron chi connectivity index (χ0n) is 15.3.